The molecule has 366 valence electrons. The number of hydrogen-bond donors (Lipinski definition) is 1. The van der Waals surface area contributed by atoms with Crippen molar-refractivity contribution in [2.24, 2.45) is 5.92 Å². The Morgan fingerprint density at radius 3 is 2.03 bits per heavy atom. The summed E-state index contributed by atoms with van der Waals surface area (Å²) >= 11 is 0. The van der Waals surface area contributed by atoms with Crippen LogP contribution in [0, 0.1) is 5.92 Å². The monoisotopic (exact) mass is 988 g/mol. The molecule has 0 radical (unpaired) electrons. The summed E-state index contributed by atoms with van der Waals surface area (Å²) in [5.74, 6) is 1.41. The Bertz CT molecular complexity index is 4570. The number of para-hydroxylation sites is 3. The summed E-state index contributed by atoms with van der Waals surface area (Å²) in [5, 5.41) is 6.35. The number of H-pyrrole nitrogens is 1. The van der Waals surface area contributed by atoms with Crippen molar-refractivity contribution < 1.29 is 0 Å². The minimum atomic E-state index is 0.298. The largest absolute Gasteiger partial charge is 0.348 e. The Kier molecular flexibility index (Phi) is 9.77. The lowest BCUT2D eigenvalue weighted by atomic mass is 9.79. The third kappa shape index (κ3) is 6.71. The molecule has 77 heavy (non-hydrogen) atoms. The number of rotatable bonds is 8. The van der Waals surface area contributed by atoms with Crippen molar-refractivity contribution in [2.45, 2.75) is 31.7 Å². The van der Waals surface area contributed by atoms with Gasteiger partial charge in [-0.15, -0.1) is 0 Å². The van der Waals surface area contributed by atoms with Crippen molar-refractivity contribution in [3.05, 3.63) is 277 Å². The van der Waals surface area contributed by atoms with Crippen molar-refractivity contribution in [1.82, 2.24) is 23.7 Å². The van der Waals surface area contributed by atoms with E-state index in [9.17, 15) is 0 Å². The van der Waals surface area contributed by atoms with E-state index < -0.39 is 0 Å². The summed E-state index contributed by atoms with van der Waals surface area (Å²) in [5.41, 5.74) is 23.8. The van der Waals surface area contributed by atoms with Crippen molar-refractivity contribution in [2.75, 3.05) is 4.90 Å². The van der Waals surface area contributed by atoms with Gasteiger partial charge in [0.1, 0.15) is 5.82 Å². The highest BCUT2D eigenvalue weighted by Crippen LogP contribution is 2.48. The molecule has 1 aliphatic heterocycles. The number of hydrogen-bond acceptors (Lipinski definition) is 2. The number of benzene rings is 7. The number of allylic oxidation sites excluding steroid dienone is 7. The molecule has 0 spiro atoms. The number of aromatic amines is 1. The second-order valence-electron chi connectivity index (χ2n) is 21.1. The quantitative estimate of drug-likeness (QED) is 0.154. The van der Waals surface area contributed by atoms with Crippen LogP contribution in [0.5, 0.6) is 0 Å². The molecule has 12 aromatic rings. The van der Waals surface area contributed by atoms with E-state index in [1.807, 2.05) is 30.7 Å². The van der Waals surface area contributed by atoms with Gasteiger partial charge in [-0.2, -0.15) is 0 Å². The molecule has 3 aliphatic carbocycles. The third-order valence-electron chi connectivity index (χ3n) is 17.0. The number of anilines is 1. The molecule has 2 atom stereocenters. The van der Waals surface area contributed by atoms with Gasteiger partial charge >= 0.3 is 0 Å². The van der Waals surface area contributed by atoms with E-state index in [2.05, 4.69) is 241 Å². The number of pyridine rings is 1. The summed E-state index contributed by atoms with van der Waals surface area (Å²) < 4.78 is 7.32. The van der Waals surface area contributed by atoms with Gasteiger partial charge < -0.3 is 19.0 Å². The normalized spacial score (nSPS) is 17.2. The Balaban J connectivity index is 0.837. The molecular weight excluding hydrogens is 937 g/mol. The Labute approximate surface area is 446 Å². The summed E-state index contributed by atoms with van der Waals surface area (Å²) in [6.45, 7) is 4.20. The van der Waals surface area contributed by atoms with Gasteiger partial charge in [0.2, 0.25) is 0 Å². The van der Waals surface area contributed by atoms with Crippen LogP contribution in [0.3, 0.4) is 0 Å². The Morgan fingerprint density at radius 1 is 0.558 bits per heavy atom. The summed E-state index contributed by atoms with van der Waals surface area (Å²) in [6, 6.07) is 63.3. The first-order valence-electron chi connectivity index (χ1n) is 27.0. The number of aromatic nitrogens is 5. The molecule has 6 heteroatoms. The molecular formula is C71H52N6. The zero-order chi connectivity index (χ0) is 50.7. The van der Waals surface area contributed by atoms with Crippen molar-refractivity contribution in [1.29, 1.82) is 0 Å². The van der Waals surface area contributed by atoms with Gasteiger partial charge in [0.15, 0.2) is 0 Å². The molecule has 5 aromatic heterocycles. The maximum Gasteiger partial charge on any atom is 0.114 e. The van der Waals surface area contributed by atoms with Gasteiger partial charge in [-0.3, -0.25) is 9.55 Å². The number of nitrogens with zero attached hydrogens (tertiary/aromatic N) is 5. The van der Waals surface area contributed by atoms with Gasteiger partial charge in [-0.1, -0.05) is 110 Å². The maximum absolute atomic E-state index is 4.65. The van der Waals surface area contributed by atoms with E-state index in [0.717, 1.165) is 53.8 Å². The van der Waals surface area contributed by atoms with Crippen molar-refractivity contribution in [3.63, 3.8) is 0 Å². The van der Waals surface area contributed by atoms with Crippen LogP contribution in [0.15, 0.2) is 243 Å². The molecule has 0 amide bonds. The van der Waals surface area contributed by atoms with Crippen LogP contribution >= 0.6 is 0 Å². The minimum absolute atomic E-state index is 0.298. The fourth-order valence-corrected chi connectivity index (χ4v) is 13.5. The highest BCUT2D eigenvalue weighted by molar-refractivity contribution is 6.13. The summed E-state index contributed by atoms with van der Waals surface area (Å²) in [7, 11) is 0. The molecule has 2 unspecified atom stereocenters. The fraction of sp³-hybridized carbons (Fsp3) is 0.0845. The van der Waals surface area contributed by atoms with Gasteiger partial charge in [-0.05, 0) is 185 Å². The first-order chi connectivity index (χ1) is 38.1. The number of nitrogens with one attached hydrogen (secondary N) is 1. The van der Waals surface area contributed by atoms with Gasteiger partial charge in [0.25, 0.3) is 0 Å². The first kappa shape index (κ1) is 43.7. The van der Waals surface area contributed by atoms with Crippen molar-refractivity contribution >= 4 is 77.4 Å². The predicted octanol–water partition coefficient (Wildman–Crippen LogP) is 16.9. The molecule has 6 nitrogen and oxygen atoms in total. The van der Waals surface area contributed by atoms with E-state index in [1.165, 1.54) is 111 Å². The minimum Gasteiger partial charge on any atom is -0.348 e. The number of aryl methyl sites for hydroxylation is 2. The molecule has 16 rings (SSSR count). The topological polar surface area (TPSA) is 46.7 Å². The van der Waals surface area contributed by atoms with Gasteiger partial charge in [0, 0.05) is 73.6 Å². The SMILES string of the molecule is C=C/C=C(\C=C1\C2C=CC=CC2N1c1ccccc1)c1ccc2c(c1)c1cc3c(cc1n2-c1cccnc1)-c1cc2c(cc1CC3)c1c(n2-c2ccc[nH]2)CCC(c2ccc3c(c2)c2ccccc2n3-c2ccccc2)=C1. The molecule has 7 aromatic carbocycles. The van der Waals surface area contributed by atoms with Gasteiger partial charge in [0.05, 0.1) is 45.5 Å². The van der Waals surface area contributed by atoms with E-state index in [0.29, 0.717) is 12.0 Å². The standard InChI is InChI=1S/C71H52N6/c1-2-15-45(41-68-55-22-10-12-24-64(55)75(68)52-18-7-4-8-19-52)46-28-32-66-59(37-46)61-39-49-26-27-50-40-62-60-38-48(47-29-31-65-58(36-47)54-21-9-11-23-63(54)74(65)51-16-5-3-6-17-51)30-33-67(60)77(71-25-14-35-73-71)70(62)43-57(50)56(49)42-69(61)76(66)53-20-13-34-72-44-53/h2-25,28-29,31-32,34-44,55,64,73H,1,26-27,30,33H2/b45-15+,68-41-. The van der Waals surface area contributed by atoms with Gasteiger partial charge in [-0.25, -0.2) is 0 Å². The average molecular weight is 989 g/mol. The van der Waals surface area contributed by atoms with E-state index in [-0.39, 0.29) is 0 Å². The molecule has 1 fully saturated rings. The lowest BCUT2D eigenvalue weighted by Gasteiger charge is -2.51. The van der Waals surface area contributed by atoms with Crippen LogP contribution in [0.1, 0.15) is 39.9 Å². The van der Waals surface area contributed by atoms with Crippen LogP contribution < -0.4 is 4.90 Å². The molecule has 4 aliphatic rings. The maximum atomic E-state index is 4.65. The van der Waals surface area contributed by atoms with Crippen molar-refractivity contribution in [3.8, 4) is 28.3 Å². The van der Waals surface area contributed by atoms with E-state index in [1.54, 1.807) is 0 Å². The van der Waals surface area contributed by atoms with Crippen LogP contribution in [0.2, 0.25) is 0 Å². The number of fused-ring (bicyclic) bond motifs is 13. The first-order valence-corrected chi connectivity index (χ1v) is 27.0. The Morgan fingerprint density at radius 2 is 1.25 bits per heavy atom. The second-order valence-corrected chi connectivity index (χ2v) is 21.1. The lowest BCUT2D eigenvalue weighted by Crippen LogP contribution is -2.53. The Hall–Kier alpha value is -9.65. The fourth-order valence-electron chi connectivity index (χ4n) is 13.5. The molecule has 1 N–H and O–H groups in total. The zero-order valence-electron chi connectivity index (χ0n) is 42.4. The smallest absolute Gasteiger partial charge is 0.114 e. The van der Waals surface area contributed by atoms with Crippen LogP contribution in [-0.2, 0) is 19.3 Å². The van der Waals surface area contributed by atoms with Crippen LogP contribution in [0.25, 0.3) is 100 Å². The van der Waals surface area contributed by atoms with Crippen LogP contribution in [0.4, 0.5) is 5.69 Å². The second kappa shape index (κ2) is 17.2. The molecule has 1 saturated heterocycles. The predicted molar refractivity (Wildman–Crippen MR) is 320 cm³/mol. The molecule has 0 bridgehead atoms. The highest BCUT2D eigenvalue weighted by Gasteiger charge is 2.42. The van der Waals surface area contributed by atoms with E-state index in [4.69, 9.17) is 0 Å². The average Bonchev–Trinajstić information content (AvgIpc) is 4.35. The third-order valence-corrected chi connectivity index (χ3v) is 17.0. The molecule has 0 saturated carbocycles. The molecule has 6 heterocycles. The lowest BCUT2D eigenvalue weighted by molar-refractivity contribution is 0.491. The summed E-state index contributed by atoms with van der Waals surface area (Å²) in [4.78, 5) is 10.7. The van der Waals surface area contributed by atoms with Crippen LogP contribution in [-0.4, -0.2) is 29.7 Å². The highest BCUT2D eigenvalue weighted by atomic mass is 15.2. The van der Waals surface area contributed by atoms with E-state index >= 15 is 0 Å². The summed E-state index contributed by atoms with van der Waals surface area (Å²) in [6.07, 6.45) is 27.7. The zero-order valence-corrected chi connectivity index (χ0v) is 42.4.